The van der Waals surface area contributed by atoms with Crippen LogP contribution in [0.4, 0.5) is 0 Å². The second kappa shape index (κ2) is 14.3. The van der Waals surface area contributed by atoms with Gasteiger partial charge in [0.05, 0.1) is 11.7 Å². The summed E-state index contributed by atoms with van der Waals surface area (Å²) < 4.78 is 11.3. The topological polar surface area (TPSA) is 133 Å². The highest BCUT2D eigenvalue weighted by Gasteiger charge is 2.37. The number of aromatic nitrogens is 1. The molecule has 4 aliphatic rings. The fourth-order valence-electron chi connectivity index (χ4n) is 7.54. The first-order chi connectivity index (χ1) is 21.8. The number of fused-ring (bicyclic) bond motifs is 1. The molecule has 0 bridgehead atoms. The van der Waals surface area contributed by atoms with Crippen LogP contribution in [0.5, 0.6) is 11.6 Å². The first-order valence-corrected chi connectivity index (χ1v) is 16.9. The van der Waals surface area contributed by atoms with E-state index in [-0.39, 0.29) is 5.75 Å². The summed E-state index contributed by atoms with van der Waals surface area (Å²) in [6.45, 7) is 14.4. The largest absolute Gasteiger partial charge is 0.507 e. The van der Waals surface area contributed by atoms with E-state index in [0.29, 0.717) is 53.6 Å². The van der Waals surface area contributed by atoms with E-state index in [1.54, 1.807) is 12.1 Å². The molecule has 1 aromatic carbocycles. The number of hydrogen-bond donors (Lipinski definition) is 4. The maximum Gasteiger partial charge on any atom is 0.254 e. The molecule has 4 aliphatic heterocycles. The first kappa shape index (κ1) is 31.6. The van der Waals surface area contributed by atoms with E-state index in [1.807, 2.05) is 24.3 Å². The Morgan fingerprint density at radius 1 is 1.04 bits per heavy atom. The normalized spacial score (nSPS) is 23.4. The van der Waals surface area contributed by atoms with Gasteiger partial charge in [0.25, 0.3) is 5.88 Å². The average molecular weight is 621 g/mol. The van der Waals surface area contributed by atoms with E-state index < -0.39 is 0 Å². The van der Waals surface area contributed by atoms with Gasteiger partial charge in [-0.2, -0.15) is 0 Å². The van der Waals surface area contributed by atoms with Crippen LogP contribution < -0.4 is 21.5 Å². The van der Waals surface area contributed by atoms with Crippen molar-refractivity contribution in [2.45, 2.75) is 64.1 Å². The lowest BCUT2D eigenvalue weighted by Crippen LogP contribution is -2.62. The van der Waals surface area contributed by atoms with Crippen molar-refractivity contribution in [3.05, 3.63) is 59.2 Å². The number of phenolic OH excluding ortho intramolecular Hbond substituents is 1. The number of benzene rings is 1. The number of allylic oxidation sites excluding steroid dienone is 1. The molecule has 0 amide bonds. The zero-order valence-electron chi connectivity index (χ0n) is 27.0. The van der Waals surface area contributed by atoms with E-state index in [9.17, 15) is 5.11 Å². The Bertz CT molecular complexity index is 1330. The van der Waals surface area contributed by atoms with Crippen molar-refractivity contribution in [2.75, 3.05) is 65.5 Å². The Balaban J connectivity index is 0.926. The second-order valence-electron chi connectivity index (χ2n) is 13.6. The number of piperidine rings is 2. The van der Waals surface area contributed by atoms with E-state index in [0.717, 1.165) is 63.7 Å². The quantitative estimate of drug-likeness (QED) is 0.313. The molecule has 6 rings (SSSR count). The predicted molar refractivity (Wildman–Crippen MR) is 176 cm³/mol. The fourth-order valence-corrected chi connectivity index (χ4v) is 7.54. The fraction of sp³-hybridized carbons (Fsp3) is 0.618. The highest BCUT2D eigenvalue weighted by molar-refractivity contribution is 5.70. The summed E-state index contributed by atoms with van der Waals surface area (Å²) in [6, 6.07) is 10.8. The van der Waals surface area contributed by atoms with Gasteiger partial charge >= 0.3 is 0 Å². The number of nitrogens with zero attached hydrogens (tertiary/aromatic N) is 5. The van der Waals surface area contributed by atoms with E-state index in [4.69, 9.17) is 20.7 Å². The molecule has 0 aliphatic carbocycles. The van der Waals surface area contributed by atoms with Crippen LogP contribution in [0.15, 0.2) is 52.4 Å². The van der Waals surface area contributed by atoms with Crippen LogP contribution in [0.2, 0.25) is 0 Å². The lowest BCUT2D eigenvalue weighted by Gasteiger charge is -2.50. The number of likely N-dealkylation sites (tertiary alicyclic amines) is 2. The van der Waals surface area contributed by atoms with Gasteiger partial charge in [-0.1, -0.05) is 26.0 Å². The zero-order valence-corrected chi connectivity index (χ0v) is 27.0. The van der Waals surface area contributed by atoms with E-state index in [1.165, 1.54) is 38.8 Å². The monoisotopic (exact) mass is 620 g/mol. The molecule has 0 unspecified atom stereocenters. The number of piperazine rings is 1. The second-order valence-corrected chi connectivity index (χ2v) is 13.6. The van der Waals surface area contributed by atoms with Gasteiger partial charge in [0.1, 0.15) is 23.9 Å². The molecule has 5 heterocycles. The summed E-state index contributed by atoms with van der Waals surface area (Å²) in [6.07, 6.45) is 7.73. The van der Waals surface area contributed by atoms with Crippen molar-refractivity contribution in [2.24, 2.45) is 17.4 Å². The maximum absolute atomic E-state index is 10.3. The minimum atomic E-state index is 0.178. The number of ether oxygens (including phenoxy) is 1. The summed E-state index contributed by atoms with van der Waals surface area (Å²) in [7, 11) is 0. The van der Waals surface area contributed by atoms with Crippen molar-refractivity contribution in [1.29, 1.82) is 0 Å². The summed E-state index contributed by atoms with van der Waals surface area (Å²) in [4.78, 5) is 10.4. The number of nitrogens with two attached hydrogens (primary N) is 2. The SMILES string of the molecule is CC(C)Cc1cc(OCCN2CCC(N3CCC(N4CCN5C(/C=C(\N)c6ccccc6O)=C(N)NC[C@H]5C4)CC3)CC2)no1. The van der Waals surface area contributed by atoms with Crippen LogP contribution in [-0.2, 0) is 6.42 Å². The Kier molecular flexibility index (Phi) is 10.1. The molecule has 1 atom stereocenters. The molecular formula is C34H52N8O3. The van der Waals surface area contributed by atoms with Gasteiger partial charge in [-0.3, -0.25) is 9.80 Å². The highest BCUT2D eigenvalue weighted by atomic mass is 16.5. The van der Waals surface area contributed by atoms with Gasteiger partial charge < -0.3 is 41.0 Å². The van der Waals surface area contributed by atoms with E-state index >= 15 is 0 Å². The Morgan fingerprint density at radius 2 is 1.78 bits per heavy atom. The zero-order chi connectivity index (χ0) is 31.3. The smallest absolute Gasteiger partial charge is 0.254 e. The lowest BCUT2D eigenvalue weighted by atomic mass is 9.95. The Morgan fingerprint density at radius 3 is 2.53 bits per heavy atom. The molecule has 11 nitrogen and oxygen atoms in total. The standard InChI is InChI=1S/C34H52N8O3/c1-24(2)19-28-20-33(38-45-28)44-18-17-39-11-7-25(8-12-39)40-13-9-26(10-14-40)41-15-16-42-27(23-41)22-37-34(36)31(42)21-30(35)29-5-3-4-6-32(29)43/h3-6,20-21,24-27,37,43H,7-19,22-23,35-36H2,1-2H3/b30-21-/t27-/m0/s1. The summed E-state index contributed by atoms with van der Waals surface area (Å²) >= 11 is 0. The van der Waals surface area contributed by atoms with Crippen LogP contribution in [-0.4, -0.2) is 113 Å². The molecular weight excluding hydrogens is 568 g/mol. The number of rotatable bonds is 10. The maximum atomic E-state index is 10.3. The minimum Gasteiger partial charge on any atom is -0.507 e. The van der Waals surface area contributed by atoms with Crippen LogP contribution >= 0.6 is 0 Å². The Hall–Kier alpha value is -3.41. The number of nitrogens with one attached hydrogen (secondary N) is 1. The van der Waals surface area contributed by atoms with Gasteiger partial charge in [0, 0.05) is 68.6 Å². The van der Waals surface area contributed by atoms with Gasteiger partial charge in [-0.05, 0) is 81.1 Å². The highest BCUT2D eigenvalue weighted by Crippen LogP contribution is 2.29. The van der Waals surface area contributed by atoms with Crippen LogP contribution in [0.1, 0.15) is 50.9 Å². The molecule has 0 radical (unpaired) electrons. The molecule has 3 fully saturated rings. The molecule has 45 heavy (non-hydrogen) atoms. The van der Waals surface area contributed by atoms with Crippen LogP contribution in [0.25, 0.3) is 5.70 Å². The lowest BCUT2D eigenvalue weighted by molar-refractivity contribution is 0.0192. The Labute approximate surface area is 267 Å². The molecule has 246 valence electrons. The molecule has 0 saturated carbocycles. The van der Waals surface area contributed by atoms with Gasteiger partial charge in [0.15, 0.2) is 0 Å². The molecule has 2 aromatic rings. The van der Waals surface area contributed by atoms with Gasteiger partial charge in [-0.25, -0.2) is 0 Å². The number of para-hydroxylation sites is 1. The van der Waals surface area contributed by atoms with Crippen LogP contribution in [0.3, 0.4) is 0 Å². The molecule has 0 spiro atoms. The van der Waals surface area contributed by atoms with Crippen molar-refractivity contribution in [3.8, 4) is 11.6 Å². The third-order valence-corrected chi connectivity index (χ3v) is 10.0. The minimum absolute atomic E-state index is 0.178. The predicted octanol–water partition coefficient (Wildman–Crippen LogP) is 2.60. The average Bonchev–Trinajstić information content (AvgIpc) is 3.49. The van der Waals surface area contributed by atoms with Crippen molar-refractivity contribution in [3.63, 3.8) is 0 Å². The van der Waals surface area contributed by atoms with E-state index in [2.05, 4.69) is 43.9 Å². The molecule has 1 aromatic heterocycles. The summed E-state index contributed by atoms with van der Waals surface area (Å²) in [5.41, 5.74) is 14.9. The third kappa shape index (κ3) is 7.70. The number of aromatic hydroxyl groups is 1. The number of hydrogen-bond acceptors (Lipinski definition) is 11. The van der Waals surface area contributed by atoms with Crippen LogP contribution in [0, 0.1) is 5.92 Å². The molecule has 6 N–H and O–H groups in total. The third-order valence-electron chi connectivity index (χ3n) is 10.0. The van der Waals surface area contributed by atoms with Crippen molar-refractivity contribution in [1.82, 2.24) is 30.1 Å². The van der Waals surface area contributed by atoms with Crippen molar-refractivity contribution >= 4 is 5.70 Å². The van der Waals surface area contributed by atoms with Gasteiger partial charge in [0.2, 0.25) is 0 Å². The molecule has 3 saturated heterocycles. The molecule has 11 heteroatoms. The summed E-state index contributed by atoms with van der Waals surface area (Å²) in [5.74, 6) is 2.87. The summed E-state index contributed by atoms with van der Waals surface area (Å²) in [5, 5.41) is 17.7. The van der Waals surface area contributed by atoms with Crippen molar-refractivity contribution < 1.29 is 14.4 Å². The van der Waals surface area contributed by atoms with Gasteiger partial charge in [-0.15, -0.1) is 0 Å². The number of phenols is 1. The first-order valence-electron chi connectivity index (χ1n) is 16.9.